The van der Waals surface area contributed by atoms with E-state index in [9.17, 15) is 9.90 Å². The molecule has 0 aromatic heterocycles. The van der Waals surface area contributed by atoms with Gasteiger partial charge in [-0.1, -0.05) is 0 Å². The molecule has 10 nitrogen and oxygen atoms in total. The molecule has 19 heavy (non-hydrogen) atoms. The Morgan fingerprint density at radius 2 is 2.32 bits per heavy atom. The van der Waals surface area contributed by atoms with Crippen LogP contribution in [0.1, 0.15) is 6.42 Å². The van der Waals surface area contributed by atoms with E-state index in [4.69, 9.17) is 26.4 Å². The Hall–Kier alpha value is -1.91. The highest BCUT2D eigenvalue weighted by Gasteiger charge is 2.41. The number of ether oxygens (including phenoxy) is 1. The fraction of sp³-hybridized carbons (Fsp3) is 0.667. The molecule has 2 aliphatic rings. The molecule has 0 aliphatic carbocycles. The number of nitrogens with two attached hydrogens (primary N) is 1. The zero-order valence-electron chi connectivity index (χ0n) is 10.0. The van der Waals surface area contributed by atoms with E-state index in [-0.39, 0.29) is 31.6 Å². The molecule has 2 amide bonds. The average Bonchev–Trinajstić information content (AvgIpc) is 2.69. The van der Waals surface area contributed by atoms with Crippen LogP contribution in [0.2, 0.25) is 0 Å². The molecule has 2 rings (SSSR count). The minimum absolute atomic E-state index is 0.116. The molecule has 2 saturated heterocycles. The predicted molar refractivity (Wildman–Crippen MR) is 63.1 cm³/mol. The molecule has 0 saturated carbocycles. The number of aliphatic hydroxyl groups excluding tert-OH is 2. The molecule has 106 valence electrons. The summed E-state index contributed by atoms with van der Waals surface area (Å²) in [6.07, 6.45) is -2.19. The lowest BCUT2D eigenvalue weighted by Crippen LogP contribution is -2.64. The summed E-state index contributed by atoms with van der Waals surface area (Å²) in [4.78, 5) is 14.1. The second kappa shape index (κ2) is 4.99. The van der Waals surface area contributed by atoms with Gasteiger partial charge in [0.25, 0.3) is 0 Å². The number of amides is 2. The van der Waals surface area contributed by atoms with Crippen LogP contribution >= 0.6 is 0 Å². The quantitative estimate of drug-likeness (QED) is 0.242. The van der Waals surface area contributed by atoms with Crippen molar-refractivity contribution >= 4 is 18.0 Å². The molecule has 0 aromatic rings. The van der Waals surface area contributed by atoms with Gasteiger partial charge < -0.3 is 20.7 Å². The summed E-state index contributed by atoms with van der Waals surface area (Å²) in [5.41, 5.74) is 5.30. The lowest BCUT2D eigenvalue weighted by atomic mass is 10.2. The molecule has 2 fully saturated rings. The maximum Gasteiger partial charge on any atom is 0.327 e. The van der Waals surface area contributed by atoms with Crippen molar-refractivity contribution in [3.8, 4) is 0 Å². The number of rotatable bonds is 2. The lowest BCUT2D eigenvalue weighted by Gasteiger charge is -2.38. The third kappa shape index (κ3) is 2.45. The van der Waals surface area contributed by atoms with Gasteiger partial charge in [-0.25, -0.2) is 4.79 Å². The number of nitrogens with one attached hydrogen (secondary N) is 3. The SMILES string of the molecule is N=C(N)N1CN(C2CC(O)C(CO)O2)C(=O)NC1=N. The third-order valence-electron chi connectivity index (χ3n) is 3.07. The van der Waals surface area contributed by atoms with Crippen LogP contribution in [-0.2, 0) is 4.74 Å². The fourth-order valence-corrected chi connectivity index (χ4v) is 2.02. The van der Waals surface area contributed by atoms with Crippen LogP contribution in [0.3, 0.4) is 0 Å². The van der Waals surface area contributed by atoms with Gasteiger partial charge in [-0.15, -0.1) is 0 Å². The van der Waals surface area contributed by atoms with Gasteiger partial charge in [0.15, 0.2) is 5.96 Å². The highest BCUT2D eigenvalue weighted by atomic mass is 16.5. The van der Waals surface area contributed by atoms with Crippen LogP contribution < -0.4 is 11.1 Å². The Bertz CT molecular complexity index is 416. The molecule has 10 heteroatoms. The zero-order chi connectivity index (χ0) is 14.2. The Balaban J connectivity index is 2.09. The summed E-state index contributed by atoms with van der Waals surface area (Å²) in [6, 6.07) is -0.571. The van der Waals surface area contributed by atoms with Crippen LogP contribution in [0.25, 0.3) is 0 Å². The molecule has 0 bridgehead atoms. The molecule has 0 radical (unpaired) electrons. The molecule has 0 spiro atoms. The van der Waals surface area contributed by atoms with E-state index < -0.39 is 24.5 Å². The first kappa shape index (κ1) is 13.5. The van der Waals surface area contributed by atoms with Gasteiger partial charge in [0.05, 0.1) is 12.7 Å². The van der Waals surface area contributed by atoms with Gasteiger partial charge in [0, 0.05) is 6.42 Å². The monoisotopic (exact) mass is 272 g/mol. The number of aliphatic hydroxyl groups is 2. The topological polar surface area (TPSA) is 159 Å². The lowest BCUT2D eigenvalue weighted by molar-refractivity contribution is -0.0700. The van der Waals surface area contributed by atoms with Crippen molar-refractivity contribution in [1.29, 1.82) is 10.8 Å². The second-order valence-electron chi connectivity index (χ2n) is 4.32. The van der Waals surface area contributed by atoms with Crippen molar-refractivity contribution in [3.05, 3.63) is 0 Å². The van der Waals surface area contributed by atoms with Gasteiger partial charge in [-0.05, 0) is 0 Å². The molecule has 0 aromatic carbocycles. The minimum Gasteiger partial charge on any atom is -0.394 e. The third-order valence-corrected chi connectivity index (χ3v) is 3.07. The molecule has 2 heterocycles. The first-order valence-electron chi connectivity index (χ1n) is 5.66. The van der Waals surface area contributed by atoms with Crippen LogP contribution in [0.5, 0.6) is 0 Å². The molecule has 3 atom stereocenters. The summed E-state index contributed by atoms with van der Waals surface area (Å²) < 4.78 is 5.35. The largest absolute Gasteiger partial charge is 0.394 e. The Kier molecular flexibility index (Phi) is 3.55. The minimum atomic E-state index is -0.866. The maximum absolute atomic E-state index is 11.8. The van der Waals surface area contributed by atoms with Crippen molar-refractivity contribution in [2.24, 2.45) is 5.73 Å². The van der Waals surface area contributed by atoms with E-state index in [1.165, 1.54) is 4.90 Å². The summed E-state index contributed by atoms with van der Waals surface area (Å²) in [5.74, 6) is -0.668. The number of nitrogens with zero attached hydrogens (tertiary/aromatic N) is 2. The van der Waals surface area contributed by atoms with Gasteiger partial charge in [-0.3, -0.25) is 25.9 Å². The number of hydrogen-bond donors (Lipinski definition) is 6. The highest BCUT2D eigenvalue weighted by Crippen LogP contribution is 2.24. The summed E-state index contributed by atoms with van der Waals surface area (Å²) in [6.45, 7) is -0.463. The normalized spacial score (nSPS) is 31.6. The van der Waals surface area contributed by atoms with Crippen molar-refractivity contribution in [2.45, 2.75) is 24.9 Å². The van der Waals surface area contributed by atoms with Gasteiger partial charge in [-0.2, -0.15) is 0 Å². The van der Waals surface area contributed by atoms with Gasteiger partial charge in [0.2, 0.25) is 5.96 Å². The van der Waals surface area contributed by atoms with E-state index in [1.807, 2.05) is 0 Å². The average molecular weight is 272 g/mol. The van der Waals surface area contributed by atoms with E-state index in [0.717, 1.165) is 4.90 Å². The number of carbonyl (C=O) groups is 1. The van der Waals surface area contributed by atoms with Gasteiger partial charge in [0.1, 0.15) is 19.0 Å². The maximum atomic E-state index is 11.8. The smallest absolute Gasteiger partial charge is 0.327 e. The predicted octanol–water partition coefficient (Wildman–Crippen LogP) is -2.43. The fourth-order valence-electron chi connectivity index (χ4n) is 2.02. The Morgan fingerprint density at radius 3 is 2.84 bits per heavy atom. The van der Waals surface area contributed by atoms with Crippen molar-refractivity contribution in [1.82, 2.24) is 15.1 Å². The van der Waals surface area contributed by atoms with Crippen molar-refractivity contribution in [2.75, 3.05) is 13.3 Å². The first-order valence-corrected chi connectivity index (χ1v) is 5.66. The van der Waals surface area contributed by atoms with Crippen molar-refractivity contribution in [3.63, 3.8) is 0 Å². The number of urea groups is 1. The van der Waals surface area contributed by atoms with Crippen LogP contribution in [0.4, 0.5) is 4.79 Å². The molecular formula is C9H16N6O4. The Labute approximate surface area is 108 Å². The summed E-state index contributed by atoms with van der Waals surface area (Å²) in [7, 11) is 0. The Morgan fingerprint density at radius 1 is 1.63 bits per heavy atom. The summed E-state index contributed by atoms with van der Waals surface area (Å²) >= 11 is 0. The van der Waals surface area contributed by atoms with Crippen LogP contribution in [0.15, 0.2) is 0 Å². The van der Waals surface area contributed by atoms with E-state index in [0.29, 0.717) is 0 Å². The molecule has 7 N–H and O–H groups in total. The van der Waals surface area contributed by atoms with Crippen LogP contribution in [0, 0.1) is 10.8 Å². The molecule has 2 aliphatic heterocycles. The number of hydrogen-bond acceptors (Lipinski definition) is 6. The number of guanidine groups is 2. The highest BCUT2D eigenvalue weighted by molar-refractivity contribution is 6.04. The van der Waals surface area contributed by atoms with Gasteiger partial charge >= 0.3 is 6.03 Å². The van der Waals surface area contributed by atoms with Crippen molar-refractivity contribution < 1.29 is 19.7 Å². The molecular weight excluding hydrogens is 256 g/mol. The van der Waals surface area contributed by atoms with Crippen LogP contribution in [-0.4, -0.2) is 69.7 Å². The zero-order valence-corrected chi connectivity index (χ0v) is 10.0. The first-order chi connectivity index (χ1) is 8.93. The van der Waals surface area contributed by atoms with E-state index in [2.05, 4.69) is 5.32 Å². The standard InChI is InChI=1S/C9H16N6O4/c10-7(11)15-3-14(9(18)13-8(15)12)6-1-4(17)5(2-16)19-6/h4-6,16-17H,1-3H2,(H3,10,11)(H2,12,13,18). The molecule has 3 unspecified atom stereocenters. The van der Waals surface area contributed by atoms with E-state index in [1.54, 1.807) is 0 Å². The summed E-state index contributed by atoms with van der Waals surface area (Å²) in [5, 5.41) is 35.7. The second-order valence-corrected chi connectivity index (χ2v) is 4.32. The number of carbonyl (C=O) groups excluding carboxylic acids is 1. The van der Waals surface area contributed by atoms with E-state index >= 15 is 0 Å².